The minimum atomic E-state index is -0.591. The topological polar surface area (TPSA) is 46.6 Å². The Bertz CT molecular complexity index is 487. The highest BCUT2D eigenvalue weighted by atomic mass is 19.1. The van der Waals surface area contributed by atoms with Crippen molar-refractivity contribution in [1.29, 1.82) is 0 Å². The molecule has 0 aromatic heterocycles. The lowest BCUT2D eigenvalue weighted by molar-refractivity contribution is -0.114. The fraction of sp³-hybridized carbons (Fsp3) is 0.385. The van der Waals surface area contributed by atoms with Gasteiger partial charge in [-0.25, -0.2) is 4.39 Å². The number of carbonyl (C=O) groups is 2. The molecule has 5 heteroatoms. The predicted octanol–water partition coefficient (Wildman–Crippen LogP) is 1.78. The standard InChI is InChI=1S/C13H14FNO3/c1-2-18-7-3-6-15-11-8-9(14)4-5-10(11)12(16)13(15)17/h4-5,8H,2-3,6-7H2,1H3. The Morgan fingerprint density at radius 3 is 2.83 bits per heavy atom. The molecule has 1 aromatic carbocycles. The summed E-state index contributed by atoms with van der Waals surface area (Å²) in [6.45, 7) is 3.37. The van der Waals surface area contributed by atoms with Gasteiger partial charge in [-0.15, -0.1) is 0 Å². The van der Waals surface area contributed by atoms with E-state index in [-0.39, 0.29) is 5.56 Å². The van der Waals surface area contributed by atoms with E-state index < -0.39 is 17.5 Å². The summed E-state index contributed by atoms with van der Waals surface area (Å²) in [4.78, 5) is 24.7. The number of nitrogens with zero attached hydrogens (tertiary/aromatic N) is 1. The number of ketones is 1. The second-order valence-electron chi connectivity index (χ2n) is 4.00. The van der Waals surface area contributed by atoms with E-state index >= 15 is 0 Å². The first-order valence-electron chi connectivity index (χ1n) is 5.88. The van der Waals surface area contributed by atoms with Crippen LogP contribution in [0, 0.1) is 5.82 Å². The Morgan fingerprint density at radius 1 is 1.33 bits per heavy atom. The number of carbonyl (C=O) groups excluding carboxylic acids is 2. The van der Waals surface area contributed by atoms with Gasteiger partial charge in [-0.3, -0.25) is 9.59 Å². The molecule has 1 aromatic rings. The first-order valence-corrected chi connectivity index (χ1v) is 5.88. The summed E-state index contributed by atoms with van der Waals surface area (Å²) in [6, 6.07) is 3.76. The van der Waals surface area contributed by atoms with Crippen LogP contribution < -0.4 is 4.90 Å². The fourth-order valence-electron chi connectivity index (χ4n) is 1.96. The van der Waals surface area contributed by atoms with Gasteiger partial charge in [0.15, 0.2) is 0 Å². The van der Waals surface area contributed by atoms with Gasteiger partial charge in [0.1, 0.15) is 5.82 Å². The molecular weight excluding hydrogens is 237 g/mol. The SMILES string of the molecule is CCOCCCN1C(=O)C(=O)c2ccc(F)cc21. The van der Waals surface area contributed by atoms with Gasteiger partial charge in [0.25, 0.3) is 11.7 Å². The maximum absolute atomic E-state index is 13.2. The molecule has 0 radical (unpaired) electrons. The second kappa shape index (κ2) is 5.27. The molecule has 0 saturated carbocycles. The Kier molecular flexibility index (Phi) is 3.72. The van der Waals surface area contributed by atoms with E-state index in [4.69, 9.17) is 4.74 Å². The van der Waals surface area contributed by atoms with Gasteiger partial charge in [-0.1, -0.05) is 0 Å². The maximum atomic E-state index is 13.2. The van der Waals surface area contributed by atoms with E-state index in [0.29, 0.717) is 31.9 Å². The molecule has 0 bridgehead atoms. The van der Waals surface area contributed by atoms with Crippen LogP contribution in [-0.2, 0) is 9.53 Å². The molecule has 0 saturated heterocycles. The summed E-state index contributed by atoms with van der Waals surface area (Å²) < 4.78 is 18.3. The van der Waals surface area contributed by atoms with E-state index in [0.717, 1.165) is 0 Å². The Morgan fingerprint density at radius 2 is 2.11 bits per heavy atom. The highest BCUT2D eigenvalue weighted by Gasteiger charge is 2.35. The van der Waals surface area contributed by atoms with Gasteiger partial charge in [0.2, 0.25) is 0 Å². The van der Waals surface area contributed by atoms with Crippen LogP contribution in [-0.4, -0.2) is 31.4 Å². The predicted molar refractivity (Wildman–Crippen MR) is 64.2 cm³/mol. The molecule has 96 valence electrons. The number of ether oxygens (including phenoxy) is 1. The van der Waals surface area contributed by atoms with Crippen LogP contribution in [0.1, 0.15) is 23.7 Å². The van der Waals surface area contributed by atoms with Crippen LogP contribution in [0.25, 0.3) is 0 Å². The number of rotatable bonds is 5. The van der Waals surface area contributed by atoms with Crippen molar-refractivity contribution >= 4 is 17.4 Å². The normalized spacial score (nSPS) is 14.2. The number of benzene rings is 1. The summed E-state index contributed by atoms with van der Waals surface area (Å²) in [6.07, 6.45) is 0.614. The third-order valence-corrected chi connectivity index (χ3v) is 2.81. The minimum absolute atomic E-state index is 0.276. The molecule has 18 heavy (non-hydrogen) atoms. The minimum Gasteiger partial charge on any atom is -0.382 e. The molecular formula is C13H14FNO3. The molecule has 2 rings (SSSR count). The zero-order valence-corrected chi connectivity index (χ0v) is 10.1. The lowest BCUT2D eigenvalue weighted by Gasteiger charge is -2.16. The fourth-order valence-corrected chi connectivity index (χ4v) is 1.96. The number of Topliss-reactive ketones (excluding diaryl/α,β-unsaturated/α-hetero) is 1. The maximum Gasteiger partial charge on any atom is 0.299 e. The third kappa shape index (κ3) is 2.26. The molecule has 1 aliphatic heterocycles. The Balaban J connectivity index is 2.14. The van der Waals surface area contributed by atoms with E-state index in [9.17, 15) is 14.0 Å². The Labute approximate surface area is 104 Å². The monoisotopic (exact) mass is 251 g/mol. The van der Waals surface area contributed by atoms with Gasteiger partial charge < -0.3 is 9.64 Å². The van der Waals surface area contributed by atoms with Crippen molar-refractivity contribution in [2.45, 2.75) is 13.3 Å². The molecule has 0 fully saturated rings. The molecule has 0 unspecified atom stereocenters. The van der Waals surface area contributed by atoms with Gasteiger partial charge in [-0.2, -0.15) is 0 Å². The summed E-state index contributed by atoms with van der Waals surface area (Å²) >= 11 is 0. The number of anilines is 1. The molecule has 1 amide bonds. The van der Waals surface area contributed by atoms with E-state index in [1.807, 2.05) is 6.92 Å². The van der Waals surface area contributed by atoms with Crippen molar-refractivity contribution in [1.82, 2.24) is 0 Å². The number of halogens is 1. The van der Waals surface area contributed by atoms with Crippen LogP contribution in [0.3, 0.4) is 0 Å². The van der Waals surface area contributed by atoms with Crippen LogP contribution in [0.5, 0.6) is 0 Å². The summed E-state index contributed by atoms with van der Waals surface area (Å²) in [5.41, 5.74) is 0.638. The number of hydrogen-bond donors (Lipinski definition) is 0. The van der Waals surface area contributed by atoms with Gasteiger partial charge in [0.05, 0.1) is 11.3 Å². The molecule has 0 N–H and O–H groups in total. The number of hydrogen-bond acceptors (Lipinski definition) is 3. The molecule has 1 heterocycles. The van der Waals surface area contributed by atoms with Gasteiger partial charge >= 0.3 is 0 Å². The first-order chi connectivity index (χ1) is 8.65. The molecule has 0 atom stereocenters. The van der Waals surface area contributed by atoms with E-state index in [1.54, 1.807) is 0 Å². The van der Waals surface area contributed by atoms with Gasteiger partial charge in [-0.05, 0) is 31.5 Å². The summed E-state index contributed by atoms with van der Waals surface area (Å²) in [5.74, 6) is -1.61. The smallest absolute Gasteiger partial charge is 0.299 e. The van der Waals surface area contributed by atoms with Crippen LogP contribution in [0.4, 0.5) is 10.1 Å². The molecule has 1 aliphatic rings. The largest absolute Gasteiger partial charge is 0.382 e. The lowest BCUT2D eigenvalue weighted by atomic mass is 10.1. The second-order valence-corrected chi connectivity index (χ2v) is 4.00. The van der Waals surface area contributed by atoms with E-state index in [2.05, 4.69) is 0 Å². The molecule has 0 aliphatic carbocycles. The van der Waals surface area contributed by atoms with Crippen molar-refractivity contribution in [3.05, 3.63) is 29.6 Å². The quantitative estimate of drug-likeness (QED) is 0.592. The first kappa shape index (κ1) is 12.7. The van der Waals surface area contributed by atoms with E-state index in [1.165, 1.54) is 23.1 Å². The van der Waals surface area contributed by atoms with Crippen LogP contribution in [0.15, 0.2) is 18.2 Å². The van der Waals surface area contributed by atoms with Crippen molar-refractivity contribution in [2.24, 2.45) is 0 Å². The van der Waals surface area contributed by atoms with Gasteiger partial charge in [0, 0.05) is 19.8 Å². The summed E-state index contributed by atoms with van der Waals surface area (Å²) in [7, 11) is 0. The highest BCUT2D eigenvalue weighted by Crippen LogP contribution is 2.29. The number of amides is 1. The average molecular weight is 251 g/mol. The lowest BCUT2D eigenvalue weighted by Crippen LogP contribution is -2.31. The van der Waals surface area contributed by atoms with Crippen molar-refractivity contribution in [3.8, 4) is 0 Å². The van der Waals surface area contributed by atoms with Crippen LogP contribution in [0.2, 0.25) is 0 Å². The summed E-state index contributed by atoms with van der Waals surface area (Å²) in [5, 5.41) is 0. The van der Waals surface area contributed by atoms with Crippen molar-refractivity contribution < 1.29 is 18.7 Å². The highest BCUT2D eigenvalue weighted by molar-refractivity contribution is 6.52. The Hall–Kier alpha value is -1.75. The zero-order chi connectivity index (χ0) is 13.1. The zero-order valence-electron chi connectivity index (χ0n) is 10.1. The van der Waals surface area contributed by atoms with Crippen LogP contribution >= 0.6 is 0 Å². The van der Waals surface area contributed by atoms with Crippen molar-refractivity contribution in [2.75, 3.05) is 24.7 Å². The third-order valence-electron chi connectivity index (χ3n) is 2.81. The number of fused-ring (bicyclic) bond motifs is 1. The average Bonchev–Trinajstić information content (AvgIpc) is 2.59. The molecule has 4 nitrogen and oxygen atoms in total. The molecule has 0 spiro atoms. The van der Waals surface area contributed by atoms with Crippen molar-refractivity contribution in [3.63, 3.8) is 0 Å².